The van der Waals surface area contributed by atoms with E-state index in [2.05, 4.69) is 170 Å². The third-order valence-corrected chi connectivity index (χ3v) is 10.7. The molecule has 0 saturated heterocycles. The minimum atomic E-state index is 1.25. The number of hydrogen-bond acceptors (Lipinski definition) is 0. The summed E-state index contributed by atoms with van der Waals surface area (Å²) in [5.74, 6) is 0. The summed E-state index contributed by atoms with van der Waals surface area (Å²) in [5, 5.41) is 15.6. The van der Waals surface area contributed by atoms with Crippen molar-refractivity contribution < 1.29 is 0 Å². The highest BCUT2D eigenvalue weighted by Gasteiger charge is 2.25. The average Bonchev–Trinajstić information content (AvgIpc) is 3.46. The van der Waals surface area contributed by atoms with Crippen molar-refractivity contribution in [2.45, 2.75) is 0 Å². The van der Waals surface area contributed by atoms with Gasteiger partial charge in [0.25, 0.3) is 0 Å². The van der Waals surface area contributed by atoms with E-state index in [1.54, 1.807) is 0 Å². The normalized spacial score (nSPS) is 12.2. The molecule has 1 aliphatic carbocycles. The molecule has 1 aliphatic rings. The maximum Gasteiger partial charge on any atom is -0.00199 e. The zero-order chi connectivity index (χ0) is 31.3. The van der Waals surface area contributed by atoms with E-state index < -0.39 is 0 Å². The molecule has 0 N–H and O–H groups in total. The van der Waals surface area contributed by atoms with Gasteiger partial charge in [-0.15, -0.1) is 0 Å². The molecule has 0 radical (unpaired) electrons. The molecule has 0 nitrogen and oxygen atoms in total. The van der Waals surface area contributed by atoms with Gasteiger partial charge in [-0.3, -0.25) is 0 Å². The molecular formula is C48H28. The number of fused-ring (bicyclic) bond motifs is 10. The monoisotopic (exact) mass is 604 g/mol. The first-order valence-corrected chi connectivity index (χ1v) is 16.8. The SMILES string of the molecule is c1ccc(-c2ccc3cc4c(cc3c2)-c2cc3c5ccccc5c(-c5c6ccccc6cc6ccccc56)cc3c3cccc-4c23)cc1. The van der Waals surface area contributed by atoms with E-state index in [-0.39, 0.29) is 0 Å². The van der Waals surface area contributed by atoms with Crippen LogP contribution in [0.15, 0.2) is 170 Å². The summed E-state index contributed by atoms with van der Waals surface area (Å²) in [6.07, 6.45) is 0. The second kappa shape index (κ2) is 9.64. The third-order valence-electron chi connectivity index (χ3n) is 10.7. The predicted molar refractivity (Wildman–Crippen MR) is 207 cm³/mol. The van der Waals surface area contributed by atoms with Crippen LogP contribution < -0.4 is 0 Å². The fraction of sp³-hybridized carbons (Fsp3) is 0. The van der Waals surface area contributed by atoms with Crippen LogP contribution >= 0.6 is 0 Å². The largest absolute Gasteiger partial charge is 0.0622 e. The van der Waals surface area contributed by atoms with Gasteiger partial charge in [0, 0.05) is 0 Å². The molecule has 0 amide bonds. The maximum absolute atomic E-state index is 2.49. The molecule has 10 aromatic carbocycles. The minimum absolute atomic E-state index is 1.25. The van der Waals surface area contributed by atoms with E-state index in [0.29, 0.717) is 0 Å². The van der Waals surface area contributed by atoms with E-state index in [0.717, 1.165) is 0 Å². The lowest BCUT2D eigenvalue weighted by Gasteiger charge is -2.17. The van der Waals surface area contributed by atoms with E-state index in [4.69, 9.17) is 0 Å². The van der Waals surface area contributed by atoms with Gasteiger partial charge in [-0.2, -0.15) is 0 Å². The van der Waals surface area contributed by atoms with Gasteiger partial charge in [-0.1, -0.05) is 133 Å². The Morgan fingerprint density at radius 1 is 0.229 bits per heavy atom. The molecule has 0 bridgehead atoms. The van der Waals surface area contributed by atoms with Crippen molar-refractivity contribution in [1.82, 2.24) is 0 Å². The lowest BCUT2D eigenvalue weighted by molar-refractivity contribution is 1.64. The Kier molecular flexibility index (Phi) is 5.20. The van der Waals surface area contributed by atoms with Crippen molar-refractivity contribution in [3.05, 3.63) is 170 Å². The summed E-state index contributed by atoms with van der Waals surface area (Å²) in [4.78, 5) is 0. The number of rotatable bonds is 2. The Bertz CT molecular complexity index is 2930. The minimum Gasteiger partial charge on any atom is -0.0622 e. The van der Waals surface area contributed by atoms with Crippen LogP contribution in [0.2, 0.25) is 0 Å². The van der Waals surface area contributed by atoms with E-state index in [9.17, 15) is 0 Å². The van der Waals surface area contributed by atoms with Gasteiger partial charge in [-0.05, 0) is 146 Å². The predicted octanol–water partition coefficient (Wildman–Crippen LogP) is 13.6. The summed E-state index contributed by atoms with van der Waals surface area (Å²) in [7, 11) is 0. The van der Waals surface area contributed by atoms with Crippen LogP contribution in [-0.2, 0) is 0 Å². The summed E-state index contributed by atoms with van der Waals surface area (Å²) < 4.78 is 0. The van der Waals surface area contributed by atoms with Crippen LogP contribution in [0.3, 0.4) is 0 Å². The standard InChI is InChI=1S/C48H28/c1-2-11-29(12-3-1)30-21-22-31-25-41-39-19-10-20-40-44-28-45(47-35-15-6-4-13-32(35)24-33-14-5-7-16-36(33)47)38-18-9-8-17-37(38)43(44)27-46(48(39)40)42(41)26-34(31)23-30/h1-28H. The smallest absolute Gasteiger partial charge is 0.00199 e. The Hall–Kier alpha value is -6.24. The lowest BCUT2D eigenvalue weighted by atomic mass is 9.85. The number of benzene rings is 10. The van der Waals surface area contributed by atoms with E-state index in [1.165, 1.54) is 109 Å². The summed E-state index contributed by atoms with van der Waals surface area (Å²) >= 11 is 0. The molecular weight excluding hydrogens is 577 g/mol. The maximum atomic E-state index is 2.49. The third kappa shape index (κ3) is 3.55. The topological polar surface area (TPSA) is 0 Å². The fourth-order valence-corrected chi connectivity index (χ4v) is 8.56. The summed E-state index contributed by atoms with van der Waals surface area (Å²) in [5.41, 5.74) is 10.4. The van der Waals surface area contributed by atoms with Gasteiger partial charge in [0.1, 0.15) is 0 Å². The molecule has 10 aromatic rings. The molecule has 0 heterocycles. The zero-order valence-electron chi connectivity index (χ0n) is 26.2. The average molecular weight is 605 g/mol. The molecule has 48 heavy (non-hydrogen) atoms. The lowest BCUT2D eigenvalue weighted by Crippen LogP contribution is -1.90. The van der Waals surface area contributed by atoms with Gasteiger partial charge in [-0.25, -0.2) is 0 Å². The molecule has 0 saturated carbocycles. The molecule has 0 heteroatoms. The molecule has 11 rings (SSSR count). The molecule has 0 aliphatic heterocycles. The van der Waals surface area contributed by atoms with E-state index in [1.807, 2.05) is 0 Å². The molecule has 0 unspecified atom stereocenters. The molecule has 0 spiro atoms. The van der Waals surface area contributed by atoms with Crippen molar-refractivity contribution in [3.8, 4) is 44.5 Å². The van der Waals surface area contributed by atoms with Crippen LogP contribution in [0.4, 0.5) is 0 Å². The Labute approximate surface area is 278 Å². The van der Waals surface area contributed by atoms with Crippen molar-refractivity contribution in [3.63, 3.8) is 0 Å². The van der Waals surface area contributed by atoms with Crippen LogP contribution in [0.25, 0.3) is 109 Å². The first kappa shape index (κ1) is 25.9. The van der Waals surface area contributed by atoms with Crippen LogP contribution in [0.5, 0.6) is 0 Å². The van der Waals surface area contributed by atoms with Crippen LogP contribution in [0, 0.1) is 0 Å². The molecule has 0 aromatic heterocycles. The van der Waals surface area contributed by atoms with Crippen molar-refractivity contribution in [2.24, 2.45) is 0 Å². The van der Waals surface area contributed by atoms with Gasteiger partial charge in [0.2, 0.25) is 0 Å². The Morgan fingerprint density at radius 2 is 0.833 bits per heavy atom. The van der Waals surface area contributed by atoms with Gasteiger partial charge >= 0.3 is 0 Å². The van der Waals surface area contributed by atoms with E-state index >= 15 is 0 Å². The highest BCUT2D eigenvalue weighted by Crippen LogP contribution is 2.52. The van der Waals surface area contributed by atoms with Crippen molar-refractivity contribution in [2.75, 3.05) is 0 Å². The molecule has 0 atom stereocenters. The molecule has 220 valence electrons. The summed E-state index contributed by atoms with van der Waals surface area (Å²) in [6, 6.07) is 63.3. The van der Waals surface area contributed by atoms with Gasteiger partial charge in [0.15, 0.2) is 0 Å². The van der Waals surface area contributed by atoms with Crippen molar-refractivity contribution >= 4 is 64.6 Å². The quantitative estimate of drug-likeness (QED) is 0.136. The second-order valence-electron chi connectivity index (χ2n) is 13.2. The Balaban J connectivity index is 1.24. The van der Waals surface area contributed by atoms with Crippen LogP contribution in [0.1, 0.15) is 0 Å². The fourth-order valence-electron chi connectivity index (χ4n) is 8.56. The first-order chi connectivity index (χ1) is 23.8. The highest BCUT2D eigenvalue weighted by molar-refractivity contribution is 6.30. The van der Waals surface area contributed by atoms with Crippen molar-refractivity contribution in [1.29, 1.82) is 0 Å². The van der Waals surface area contributed by atoms with Gasteiger partial charge < -0.3 is 0 Å². The zero-order valence-corrected chi connectivity index (χ0v) is 26.2. The second-order valence-corrected chi connectivity index (χ2v) is 13.2. The Morgan fingerprint density at radius 3 is 1.62 bits per heavy atom. The highest BCUT2D eigenvalue weighted by atomic mass is 14.3. The first-order valence-electron chi connectivity index (χ1n) is 16.8. The summed E-state index contributed by atoms with van der Waals surface area (Å²) in [6.45, 7) is 0. The van der Waals surface area contributed by atoms with Crippen LogP contribution in [-0.4, -0.2) is 0 Å². The molecule has 0 fully saturated rings. The van der Waals surface area contributed by atoms with Gasteiger partial charge in [0.05, 0.1) is 0 Å². The number of hydrogen-bond donors (Lipinski definition) is 0.